The number of nitrogens with two attached hydrogens (primary N) is 1. The van der Waals surface area contributed by atoms with Crippen LogP contribution >= 0.6 is 0 Å². The van der Waals surface area contributed by atoms with Crippen LogP contribution in [0.4, 0.5) is 0 Å². The number of amides is 1. The van der Waals surface area contributed by atoms with Crippen molar-refractivity contribution < 1.29 is 4.79 Å². The Morgan fingerprint density at radius 1 is 1.38 bits per heavy atom. The Kier molecular flexibility index (Phi) is 5.05. The molecule has 0 spiro atoms. The van der Waals surface area contributed by atoms with Crippen molar-refractivity contribution in [1.82, 2.24) is 19.9 Å². The lowest BCUT2D eigenvalue weighted by Crippen LogP contribution is -2.32. The van der Waals surface area contributed by atoms with E-state index in [4.69, 9.17) is 5.73 Å². The molecule has 2 aromatic rings. The Balaban J connectivity index is 1.98. The van der Waals surface area contributed by atoms with Gasteiger partial charge in [0, 0.05) is 19.7 Å². The van der Waals surface area contributed by atoms with Gasteiger partial charge in [-0.25, -0.2) is 4.68 Å². The maximum absolute atomic E-state index is 12.3. The fourth-order valence-electron chi connectivity index (χ4n) is 2.10. The Labute approximate surface area is 124 Å². The van der Waals surface area contributed by atoms with Crippen LogP contribution in [-0.4, -0.2) is 39.4 Å². The summed E-state index contributed by atoms with van der Waals surface area (Å²) in [5, 5.41) is 7.94. The molecule has 2 N–H and O–H groups in total. The van der Waals surface area contributed by atoms with Crippen LogP contribution in [0.5, 0.6) is 0 Å². The third-order valence-electron chi connectivity index (χ3n) is 3.54. The van der Waals surface area contributed by atoms with Gasteiger partial charge in [-0.1, -0.05) is 35.5 Å². The van der Waals surface area contributed by atoms with Gasteiger partial charge in [-0.05, 0) is 19.0 Å². The number of hydrogen-bond donors (Lipinski definition) is 1. The summed E-state index contributed by atoms with van der Waals surface area (Å²) in [6, 6.07) is 9.96. The highest BCUT2D eigenvalue weighted by atomic mass is 16.2. The number of likely N-dealkylation sites (N-methyl/N-ethyl adjacent to an activating group) is 1. The lowest BCUT2D eigenvalue weighted by molar-refractivity contribution is -0.132. The van der Waals surface area contributed by atoms with E-state index in [1.807, 2.05) is 37.3 Å². The van der Waals surface area contributed by atoms with Gasteiger partial charge in [-0.15, -0.1) is 5.10 Å². The molecule has 1 atom stereocenters. The molecule has 1 aromatic carbocycles. The Bertz CT molecular complexity index is 581. The van der Waals surface area contributed by atoms with Crippen LogP contribution in [0.25, 0.3) is 0 Å². The maximum atomic E-state index is 12.3. The van der Waals surface area contributed by atoms with Gasteiger partial charge in [-0.3, -0.25) is 4.79 Å². The average molecular weight is 287 g/mol. The van der Waals surface area contributed by atoms with E-state index in [0.29, 0.717) is 13.0 Å². The normalized spacial score (nSPS) is 12.1. The lowest BCUT2D eigenvalue weighted by Gasteiger charge is -2.25. The van der Waals surface area contributed by atoms with Crippen LogP contribution in [0.2, 0.25) is 0 Å². The van der Waals surface area contributed by atoms with Crippen molar-refractivity contribution in [2.24, 2.45) is 5.73 Å². The third kappa shape index (κ3) is 3.88. The molecule has 21 heavy (non-hydrogen) atoms. The summed E-state index contributed by atoms with van der Waals surface area (Å²) >= 11 is 0. The van der Waals surface area contributed by atoms with Gasteiger partial charge in [0.15, 0.2) is 0 Å². The summed E-state index contributed by atoms with van der Waals surface area (Å²) in [4.78, 5) is 14.0. The minimum Gasteiger partial charge on any atom is -0.337 e. The molecule has 0 saturated heterocycles. The zero-order valence-electron chi connectivity index (χ0n) is 12.4. The first-order chi connectivity index (χ1) is 10.1. The average Bonchev–Trinajstić information content (AvgIpc) is 2.94. The molecule has 0 saturated carbocycles. The van der Waals surface area contributed by atoms with E-state index in [2.05, 4.69) is 10.3 Å². The highest BCUT2D eigenvalue weighted by molar-refractivity contribution is 5.76. The second-order valence-electron chi connectivity index (χ2n) is 5.04. The SMILES string of the molecule is CC(c1ccccc1)N(C)C(=O)Cn1cc(CCN)nn1. The minimum atomic E-state index is -0.00412. The predicted molar refractivity (Wildman–Crippen MR) is 80.4 cm³/mol. The minimum absolute atomic E-state index is 0.00412. The molecule has 6 heteroatoms. The first kappa shape index (κ1) is 15.2. The van der Waals surface area contributed by atoms with E-state index in [0.717, 1.165) is 11.3 Å². The summed E-state index contributed by atoms with van der Waals surface area (Å²) in [6.45, 7) is 2.72. The summed E-state index contributed by atoms with van der Waals surface area (Å²) in [6.07, 6.45) is 2.44. The van der Waals surface area contributed by atoms with Crippen molar-refractivity contribution in [2.75, 3.05) is 13.6 Å². The number of hydrogen-bond acceptors (Lipinski definition) is 4. The molecule has 1 heterocycles. The summed E-state index contributed by atoms with van der Waals surface area (Å²) in [5.41, 5.74) is 7.39. The number of aromatic nitrogens is 3. The molecular weight excluding hydrogens is 266 g/mol. The Morgan fingerprint density at radius 3 is 2.76 bits per heavy atom. The van der Waals surface area contributed by atoms with Gasteiger partial charge in [0.1, 0.15) is 6.54 Å². The van der Waals surface area contributed by atoms with Crippen molar-refractivity contribution in [1.29, 1.82) is 0 Å². The first-order valence-corrected chi connectivity index (χ1v) is 7.01. The highest BCUT2D eigenvalue weighted by Gasteiger charge is 2.18. The number of benzene rings is 1. The van der Waals surface area contributed by atoms with Gasteiger partial charge in [-0.2, -0.15) is 0 Å². The zero-order chi connectivity index (χ0) is 15.2. The molecule has 0 aliphatic rings. The lowest BCUT2D eigenvalue weighted by atomic mass is 10.1. The van der Waals surface area contributed by atoms with E-state index in [9.17, 15) is 4.79 Å². The van der Waals surface area contributed by atoms with Gasteiger partial charge in [0.05, 0.1) is 11.7 Å². The highest BCUT2D eigenvalue weighted by Crippen LogP contribution is 2.18. The molecule has 6 nitrogen and oxygen atoms in total. The summed E-state index contributed by atoms with van der Waals surface area (Å²) < 4.78 is 1.56. The van der Waals surface area contributed by atoms with Gasteiger partial charge >= 0.3 is 0 Å². The number of rotatable bonds is 6. The Morgan fingerprint density at radius 2 is 2.10 bits per heavy atom. The second-order valence-corrected chi connectivity index (χ2v) is 5.04. The van der Waals surface area contributed by atoms with E-state index >= 15 is 0 Å². The van der Waals surface area contributed by atoms with Crippen LogP contribution in [0.3, 0.4) is 0 Å². The van der Waals surface area contributed by atoms with Crippen LogP contribution in [0.1, 0.15) is 24.2 Å². The molecule has 1 aromatic heterocycles. The molecule has 112 valence electrons. The van der Waals surface area contributed by atoms with E-state index < -0.39 is 0 Å². The molecule has 0 fully saturated rings. The quantitative estimate of drug-likeness (QED) is 0.860. The van der Waals surface area contributed by atoms with Crippen molar-refractivity contribution in [3.63, 3.8) is 0 Å². The third-order valence-corrected chi connectivity index (χ3v) is 3.54. The van der Waals surface area contributed by atoms with Crippen molar-refractivity contribution in [3.8, 4) is 0 Å². The first-order valence-electron chi connectivity index (χ1n) is 7.01. The molecule has 0 bridgehead atoms. The molecule has 0 radical (unpaired) electrons. The number of nitrogens with zero attached hydrogens (tertiary/aromatic N) is 4. The zero-order valence-corrected chi connectivity index (χ0v) is 12.4. The van der Waals surface area contributed by atoms with Gasteiger partial charge in [0.25, 0.3) is 0 Å². The molecule has 0 aliphatic heterocycles. The van der Waals surface area contributed by atoms with Crippen molar-refractivity contribution >= 4 is 5.91 Å². The van der Waals surface area contributed by atoms with Crippen molar-refractivity contribution in [3.05, 3.63) is 47.8 Å². The predicted octanol–water partition coefficient (Wildman–Crippen LogP) is 0.999. The van der Waals surface area contributed by atoms with Crippen LogP contribution in [-0.2, 0) is 17.8 Å². The molecule has 2 rings (SSSR count). The van der Waals surface area contributed by atoms with Crippen LogP contribution in [0.15, 0.2) is 36.5 Å². The van der Waals surface area contributed by atoms with E-state index in [-0.39, 0.29) is 18.5 Å². The summed E-state index contributed by atoms with van der Waals surface area (Å²) in [5.74, 6) is -0.00412. The topological polar surface area (TPSA) is 77.0 Å². The van der Waals surface area contributed by atoms with Crippen molar-refractivity contribution in [2.45, 2.75) is 25.9 Å². The molecule has 1 amide bonds. The maximum Gasteiger partial charge on any atom is 0.244 e. The van der Waals surface area contributed by atoms with E-state index in [1.165, 1.54) is 0 Å². The fraction of sp³-hybridized carbons (Fsp3) is 0.400. The van der Waals surface area contributed by atoms with Gasteiger partial charge < -0.3 is 10.6 Å². The summed E-state index contributed by atoms with van der Waals surface area (Å²) in [7, 11) is 1.80. The number of carbonyl (C=O) groups is 1. The van der Waals surface area contributed by atoms with Gasteiger partial charge in [0.2, 0.25) is 5.91 Å². The molecular formula is C15H21N5O. The second kappa shape index (κ2) is 6.99. The van der Waals surface area contributed by atoms with Crippen LogP contribution < -0.4 is 5.73 Å². The fourth-order valence-corrected chi connectivity index (χ4v) is 2.10. The largest absolute Gasteiger partial charge is 0.337 e. The Hall–Kier alpha value is -2.21. The monoisotopic (exact) mass is 287 g/mol. The number of carbonyl (C=O) groups excluding carboxylic acids is 1. The molecule has 1 unspecified atom stereocenters. The standard InChI is InChI=1S/C15H21N5O/c1-12(13-6-4-3-5-7-13)19(2)15(21)11-20-10-14(8-9-16)17-18-20/h3-7,10,12H,8-9,11,16H2,1-2H3. The molecule has 0 aliphatic carbocycles. The smallest absolute Gasteiger partial charge is 0.244 e. The van der Waals surface area contributed by atoms with Crippen LogP contribution in [0, 0.1) is 0 Å². The van der Waals surface area contributed by atoms with E-state index in [1.54, 1.807) is 22.8 Å².